The summed E-state index contributed by atoms with van der Waals surface area (Å²) in [6.45, 7) is 2.18. The predicted molar refractivity (Wildman–Crippen MR) is 68.0 cm³/mol. The minimum absolute atomic E-state index is 0.0854. The molecule has 0 bridgehead atoms. The lowest BCUT2D eigenvalue weighted by atomic mass is 9.90. The molecule has 1 N–H and O–H groups in total. The molecule has 0 heterocycles. The molecule has 1 unspecified atom stereocenters. The van der Waals surface area contributed by atoms with E-state index in [-0.39, 0.29) is 11.2 Å². The average Bonchev–Trinajstić information content (AvgIpc) is 3.03. The molecule has 0 aliphatic heterocycles. The quantitative estimate of drug-likeness (QED) is 0.893. The van der Waals surface area contributed by atoms with E-state index in [4.69, 9.17) is 0 Å². The fourth-order valence-electron chi connectivity index (χ4n) is 2.29. The van der Waals surface area contributed by atoms with Crippen molar-refractivity contribution in [1.82, 2.24) is 5.32 Å². The van der Waals surface area contributed by atoms with Crippen LogP contribution in [0.15, 0.2) is 22.7 Å². The van der Waals surface area contributed by atoms with Gasteiger partial charge in [0.25, 0.3) is 0 Å². The molecular weight excluding hydrogens is 269 g/mol. The zero-order valence-corrected chi connectivity index (χ0v) is 11.3. The Hall–Kier alpha value is -0.410. The van der Waals surface area contributed by atoms with Gasteiger partial charge in [0.15, 0.2) is 0 Å². The van der Waals surface area contributed by atoms with E-state index in [1.54, 1.807) is 12.1 Å². The van der Waals surface area contributed by atoms with Gasteiger partial charge in [0.2, 0.25) is 0 Å². The first-order chi connectivity index (χ1) is 7.57. The molecule has 1 fully saturated rings. The molecule has 1 atom stereocenters. The summed E-state index contributed by atoms with van der Waals surface area (Å²) in [5, 5.41) is 3.29. The van der Waals surface area contributed by atoms with Crippen LogP contribution in [0.4, 0.5) is 4.39 Å². The van der Waals surface area contributed by atoms with Crippen LogP contribution in [-0.4, -0.2) is 13.1 Å². The molecule has 0 spiro atoms. The second-order valence-electron chi connectivity index (χ2n) is 4.79. The fraction of sp³-hybridized carbons (Fsp3) is 0.538. The number of rotatable bonds is 4. The summed E-state index contributed by atoms with van der Waals surface area (Å²) in [6, 6.07) is 5.64. The van der Waals surface area contributed by atoms with Crippen molar-refractivity contribution in [2.75, 3.05) is 7.05 Å². The van der Waals surface area contributed by atoms with Gasteiger partial charge < -0.3 is 5.32 Å². The van der Waals surface area contributed by atoms with Crippen LogP contribution in [0.2, 0.25) is 0 Å². The van der Waals surface area contributed by atoms with Crippen LogP contribution in [0.5, 0.6) is 0 Å². The molecule has 0 aromatic heterocycles. The second kappa shape index (κ2) is 4.46. The highest BCUT2D eigenvalue weighted by Crippen LogP contribution is 2.51. The first kappa shape index (κ1) is 12.1. The third kappa shape index (κ3) is 2.30. The Balaban J connectivity index is 2.18. The van der Waals surface area contributed by atoms with Crippen molar-refractivity contribution in [2.45, 2.75) is 32.2 Å². The van der Waals surface area contributed by atoms with Crippen LogP contribution in [0.3, 0.4) is 0 Å². The molecule has 1 nitrogen and oxygen atoms in total. The summed E-state index contributed by atoms with van der Waals surface area (Å²) < 4.78 is 14.6. The molecule has 0 radical (unpaired) electrons. The van der Waals surface area contributed by atoms with Crippen molar-refractivity contribution in [3.63, 3.8) is 0 Å². The molecule has 1 aliphatic rings. The van der Waals surface area contributed by atoms with E-state index >= 15 is 0 Å². The molecule has 1 aliphatic carbocycles. The lowest BCUT2D eigenvalue weighted by Crippen LogP contribution is -2.33. The van der Waals surface area contributed by atoms with Gasteiger partial charge in [-0.15, -0.1) is 0 Å². The van der Waals surface area contributed by atoms with Crippen LogP contribution in [0.25, 0.3) is 0 Å². The molecule has 0 saturated heterocycles. The van der Waals surface area contributed by atoms with Crippen molar-refractivity contribution in [3.05, 3.63) is 34.1 Å². The molecule has 1 saturated carbocycles. The topological polar surface area (TPSA) is 12.0 Å². The van der Waals surface area contributed by atoms with Crippen LogP contribution in [0.1, 0.15) is 25.3 Å². The van der Waals surface area contributed by atoms with Gasteiger partial charge >= 0.3 is 0 Å². The van der Waals surface area contributed by atoms with Crippen LogP contribution in [0, 0.1) is 11.2 Å². The monoisotopic (exact) mass is 285 g/mol. The molecule has 1 aromatic carbocycles. The van der Waals surface area contributed by atoms with Gasteiger partial charge in [-0.1, -0.05) is 15.9 Å². The van der Waals surface area contributed by atoms with E-state index in [1.165, 1.54) is 12.8 Å². The average molecular weight is 286 g/mol. The molecule has 16 heavy (non-hydrogen) atoms. The maximum Gasteiger partial charge on any atom is 0.126 e. The smallest absolute Gasteiger partial charge is 0.126 e. The van der Waals surface area contributed by atoms with E-state index < -0.39 is 0 Å². The first-order valence-corrected chi connectivity index (χ1v) is 6.48. The number of nitrogens with one attached hydrogen (secondary N) is 1. The Morgan fingerprint density at radius 3 is 2.75 bits per heavy atom. The van der Waals surface area contributed by atoms with Crippen LogP contribution < -0.4 is 5.32 Å². The summed E-state index contributed by atoms with van der Waals surface area (Å²) >= 11 is 3.40. The number of hydrogen-bond donors (Lipinski definition) is 1. The van der Waals surface area contributed by atoms with Crippen molar-refractivity contribution >= 4 is 15.9 Å². The van der Waals surface area contributed by atoms with Gasteiger partial charge in [-0.2, -0.15) is 0 Å². The zero-order valence-electron chi connectivity index (χ0n) is 9.69. The van der Waals surface area contributed by atoms with Crippen LogP contribution >= 0.6 is 15.9 Å². The van der Waals surface area contributed by atoms with Gasteiger partial charge in [-0.3, -0.25) is 0 Å². The Bertz CT molecular complexity index is 388. The highest BCUT2D eigenvalue weighted by atomic mass is 79.9. The Morgan fingerprint density at radius 2 is 2.19 bits per heavy atom. The third-order valence-electron chi connectivity index (χ3n) is 3.79. The lowest BCUT2D eigenvalue weighted by Gasteiger charge is -2.23. The van der Waals surface area contributed by atoms with E-state index in [9.17, 15) is 4.39 Å². The minimum atomic E-state index is -0.0854. The van der Waals surface area contributed by atoms with Crippen molar-refractivity contribution in [3.8, 4) is 0 Å². The number of halogens is 2. The molecule has 1 aromatic rings. The van der Waals surface area contributed by atoms with Gasteiger partial charge in [0, 0.05) is 10.5 Å². The Kier molecular flexibility index (Phi) is 3.36. The molecule has 3 heteroatoms. The standard InChI is InChI=1S/C13H17BrFN/c1-9(16-2)13(5-6-13)8-10-7-11(14)3-4-12(10)15/h3-4,7,9,16H,5-6,8H2,1-2H3. The molecular formula is C13H17BrFN. The maximum absolute atomic E-state index is 13.7. The van der Waals surface area contributed by atoms with Crippen molar-refractivity contribution < 1.29 is 4.39 Å². The van der Waals surface area contributed by atoms with Crippen molar-refractivity contribution in [2.24, 2.45) is 5.41 Å². The lowest BCUT2D eigenvalue weighted by molar-refractivity contribution is 0.364. The number of benzene rings is 1. The van der Waals surface area contributed by atoms with Gasteiger partial charge in [0.05, 0.1) is 0 Å². The predicted octanol–water partition coefficient (Wildman–Crippen LogP) is 3.52. The largest absolute Gasteiger partial charge is 0.317 e. The van der Waals surface area contributed by atoms with E-state index in [0.29, 0.717) is 6.04 Å². The second-order valence-corrected chi connectivity index (χ2v) is 5.70. The highest BCUT2D eigenvalue weighted by Gasteiger charge is 2.46. The SMILES string of the molecule is CNC(C)C1(Cc2cc(Br)ccc2F)CC1. The van der Waals surface area contributed by atoms with E-state index in [1.807, 2.05) is 13.1 Å². The summed E-state index contributed by atoms with van der Waals surface area (Å²) in [6.07, 6.45) is 3.22. The molecule has 0 amide bonds. The minimum Gasteiger partial charge on any atom is -0.317 e. The van der Waals surface area contributed by atoms with Gasteiger partial charge in [-0.25, -0.2) is 4.39 Å². The summed E-state index contributed by atoms with van der Waals surface area (Å²) in [4.78, 5) is 0. The van der Waals surface area contributed by atoms with Gasteiger partial charge in [-0.05, 0) is 62.4 Å². The Morgan fingerprint density at radius 1 is 1.50 bits per heavy atom. The third-order valence-corrected chi connectivity index (χ3v) is 4.29. The van der Waals surface area contributed by atoms with Gasteiger partial charge in [0.1, 0.15) is 5.82 Å². The first-order valence-electron chi connectivity index (χ1n) is 5.68. The Labute approximate surface area is 105 Å². The molecule has 88 valence electrons. The van der Waals surface area contributed by atoms with E-state index in [0.717, 1.165) is 16.5 Å². The van der Waals surface area contributed by atoms with Crippen molar-refractivity contribution in [1.29, 1.82) is 0 Å². The zero-order chi connectivity index (χ0) is 11.8. The summed E-state index contributed by atoms with van der Waals surface area (Å²) in [5.74, 6) is -0.0854. The summed E-state index contributed by atoms with van der Waals surface area (Å²) in [7, 11) is 1.97. The van der Waals surface area contributed by atoms with E-state index in [2.05, 4.69) is 28.2 Å². The van der Waals surface area contributed by atoms with Crippen LogP contribution in [-0.2, 0) is 6.42 Å². The number of hydrogen-bond acceptors (Lipinski definition) is 1. The fourth-order valence-corrected chi connectivity index (χ4v) is 2.70. The maximum atomic E-state index is 13.7. The molecule has 2 rings (SSSR count). The summed E-state index contributed by atoms with van der Waals surface area (Å²) in [5.41, 5.74) is 1.10. The highest BCUT2D eigenvalue weighted by molar-refractivity contribution is 9.10. The normalized spacial score (nSPS) is 19.5.